The lowest BCUT2D eigenvalue weighted by molar-refractivity contribution is -0.114. The second-order valence-electron chi connectivity index (χ2n) is 7.11. The van der Waals surface area contributed by atoms with Gasteiger partial charge in [0.2, 0.25) is 0 Å². The molecule has 3 aromatic rings. The molecule has 1 fully saturated rings. The molecule has 0 atom stereocenters. The maximum atomic E-state index is 13.0. The number of carbonyl (C=O) groups is 3. The summed E-state index contributed by atoms with van der Waals surface area (Å²) in [6, 6.07) is 15.6. The zero-order chi connectivity index (χ0) is 20.4. The first-order valence-electron chi connectivity index (χ1n) is 9.44. The average molecular weight is 407 g/mol. The lowest BCUT2D eigenvalue weighted by atomic mass is 10.1. The van der Waals surface area contributed by atoms with Gasteiger partial charge in [-0.1, -0.05) is 36.4 Å². The zero-order valence-electron chi connectivity index (χ0n) is 15.8. The molecule has 6 nitrogen and oxygen atoms in total. The van der Waals surface area contributed by atoms with Crippen molar-refractivity contribution < 1.29 is 14.4 Å². The number of hydrogen-bond donors (Lipinski definition) is 1. The van der Waals surface area contributed by atoms with Crippen molar-refractivity contribution in [1.82, 2.24) is 9.80 Å². The third-order valence-corrected chi connectivity index (χ3v) is 6.20. The lowest BCUT2D eigenvalue weighted by Crippen LogP contribution is -2.48. The van der Waals surface area contributed by atoms with Crippen molar-refractivity contribution in [2.24, 2.45) is 5.73 Å². The molecule has 1 aliphatic rings. The van der Waals surface area contributed by atoms with E-state index in [0.29, 0.717) is 24.0 Å². The van der Waals surface area contributed by atoms with Gasteiger partial charge in [-0.2, -0.15) is 0 Å². The summed E-state index contributed by atoms with van der Waals surface area (Å²) in [5.74, 6) is -1.76. The van der Waals surface area contributed by atoms with E-state index in [1.807, 2.05) is 29.2 Å². The standard InChI is InChI=1S/C22H21N3O3S/c23-21(27)19(26)20-18-12-16(6-7-17(18)14-29-20)22(28)25-10-8-24(9-11-25)13-15-4-2-1-3-5-15/h1-7,12,14H,8-11,13H2,(H2,23,27). The Morgan fingerprint density at radius 2 is 1.69 bits per heavy atom. The predicted molar refractivity (Wildman–Crippen MR) is 113 cm³/mol. The van der Waals surface area contributed by atoms with Crippen molar-refractivity contribution in [1.29, 1.82) is 0 Å². The number of amides is 2. The monoisotopic (exact) mass is 407 g/mol. The minimum atomic E-state index is -0.986. The number of Topliss-reactive ketones (excluding diaryl/α,β-unsaturated/α-hetero) is 1. The molecule has 0 bridgehead atoms. The minimum absolute atomic E-state index is 0.0602. The van der Waals surface area contributed by atoms with Gasteiger partial charge >= 0.3 is 0 Å². The Labute approximate surface area is 172 Å². The first-order chi connectivity index (χ1) is 14.0. The fourth-order valence-electron chi connectivity index (χ4n) is 3.60. The van der Waals surface area contributed by atoms with Gasteiger partial charge in [0.1, 0.15) is 0 Å². The summed E-state index contributed by atoms with van der Waals surface area (Å²) in [5.41, 5.74) is 6.92. The number of hydrogen-bond acceptors (Lipinski definition) is 5. The van der Waals surface area contributed by atoms with Gasteiger partial charge in [-0.3, -0.25) is 19.3 Å². The van der Waals surface area contributed by atoms with Gasteiger partial charge in [-0.25, -0.2) is 0 Å². The summed E-state index contributed by atoms with van der Waals surface area (Å²) < 4.78 is 0. The van der Waals surface area contributed by atoms with Crippen LogP contribution in [0.1, 0.15) is 25.6 Å². The molecular formula is C22H21N3O3S. The summed E-state index contributed by atoms with van der Waals surface area (Å²) in [7, 11) is 0. The number of carbonyl (C=O) groups excluding carboxylic acids is 3. The van der Waals surface area contributed by atoms with E-state index in [-0.39, 0.29) is 10.8 Å². The van der Waals surface area contributed by atoms with E-state index in [2.05, 4.69) is 17.0 Å². The van der Waals surface area contributed by atoms with Gasteiger partial charge in [-0.15, -0.1) is 11.3 Å². The summed E-state index contributed by atoms with van der Waals surface area (Å²) in [6.45, 7) is 3.81. The van der Waals surface area contributed by atoms with E-state index in [4.69, 9.17) is 5.73 Å². The molecule has 1 aromatic heterocycles. The van der Waals surface area contributed by atoms with Crippen LogP contribution < -0.4 is 5.73 Å². The molecule has 1 saturated heterocycles. The number of rotatable bonds is 5. The first kappa shape index (κ1) is 19.3. The minimum Gasteiger partial charge on any atom is -0.363 e. The first-order valence-corrected chi connectivity index (χ1v) is 10.3. The van der Waals surface area contributed by atoms with E-state index >= 15 is 0 Å². The van der Waals surface area contributed by atoms with E-state index in [1.54, 1.807) is 17.5 Å². The van der Waals surface area contributed by atoms with Gasteiger partial charge in [-0.05, 0) is 28.5 Å². The summed E-state index contributed by atoms with van der Waals surface area (Å²) in [5, 5.41) is 3.22. The van der Waals surface area contributed by atoms with Crippen molar-refractivity contribution in [2.75, 3.05) is 26.2 Å². The molecule has 2 heterocycles. The average Bonchev–Trinajstić information content (AvgIpc) is 3.17. The van der Waals surface area contributed by atoms with Crippen molar-refractivity contribution >= 4 is 39.7 Å². The van der Waals surface area contributed by atoms with Crippen LogP contribution in [-0.4, -0.2) is 53.6 Å². The predicted octanol–water partition coefficient (Wildman–Crippen LogP) is 2.53. The van der Waals surface area contributed by atoms with Crippen molar-refractivity contribution in [3.8, 4) is 0 Å². The van der Waals surface area contributed by atoms with Gasteiger partial charge in [0, 0.05) is 43.7 Å². The molecule has 1 aliphatic heterocycles. The van der Waals surface area contributed by atoms with Crippen molar-refractivity contribution in [3.63, 3.8) is 0 Å². The molecule has 4 rings (SSSR count). The maximum absolute atomic E-state index is 13.0. The van der Waals surface area contributed by atoms with Crippen LogP contribution in [-0.2, 0) is 11.3 Å². The van der Waals surface area contributed by atoms with E-state index in [1.165, 1.54) is 16.9 Å². The second kappa shape index (κ2) is 8.14. The molecule has 0 aliphatic carbocycles. The number of nitrogens with zero attached hydrogens (tertiary/aromatic N) is 2. The van der Waals surface area contributed by atoms with Crippen LogP contribution in [0.4, 0.5) is 0 Å². The van der Waals surface area contributed by atoms with Crippen LogP contribution in [0.5, 0.6) is 0 Å². The Morgan fingerprint density at radius 1 is 0.966 bits per heavy atom. The highest BCUT2D eigenvalue weighted by Crippen LogP contribution is 2.28. The number of ketones is 1. The van der Waals surface area contributed by atoms with Gasteiger partial charge < -0.3 is 10.6 Å². The van der Waals surface area contributed by atoms with Crippen LogP contribution in [0.15, 0.2) is 53.9 Å². The van der Waals surface area contributed by atoms with Crippen molar-refractivity contribution in [3.05, 3.63) is 69.9 Å². The fourth-order valence-corrected chi connectivity index (χ4v) is 4.56. The Hall–Kier alpha value is -3.03. The molecule has 2 amide bonds. The highest BCUT2D eigenvalue weighted by molar-refractivity contribution is 7.14. The number of thiophene rings is 1. The number of fused-ring (bicyclic) bond motifs is 1. The van der Waals surface area contributed by atoms with Crippen LogP contribution in [0.2, 0.25) is 0 Å². The SMILES string of the molecule is NC(=O)C(=O)c1scc2ccc(C(=O)N3CCN(Cc4ccccc4)CC3)cc12. The van der Waals surface area contributed by atoms with Gasteiger partial charge in [0.25, 0.3) is 17.6 Å². The Kier molecular flexibility index (Phi) is 5.42. The molecule has 148 valence electrons. The number of piperazine rings is 1. The fraction of sp³-hybridized carbons (Fsp3) is 0.227. The lowest BCUT2D eigenvalue weighted by Gasteiger charge is -2.34. The number of benzene rings is 2. The highest BCUT2D eigenvalue weighted by atomic mass is 32.1. The summed E-state index contributed by atoms with van der Waals surface area (Å²) >= 11 is 1.17. The number of nitrogens with two attached hydrogens (primary N) is 1. The smallest absolute Gasteiger partial charge is 0.290 e. The Morgan fingerprint density at radius 3 is 2.38 bits per heavy atom. The molecular weight excluding hydrogens is 386 g/mol. The molecule has 0 radical (unpaired) electrons. The Balaban J connectivity index is 1.46. The number of primary amides is 1. The second-order valence-corrected chi connectivity index (χ2v) is 7.99. The molecule has 7 heteroatoms. The molecule has 0 spiro atoms. The van der Waals surface area contributed by atoms with Gasteiger partial charge in [0.15, 0.2) is 0 Å². The van der Waals surface area contributed by atoms with E-state index in [9.17, 15) is 14.4 Å². The van der Waals surface area contributed by atoms with Crippen LogP contribution in [0.3, 0.4) is 0 Å². The Bertz CT molecular complexity index is 1070. The molecule has 29 heavy (non-hydrogen) atoms. The molecule has 0 saturated carbocycles. The summed E-state index contributed by atoms with van der Waals surface area (Å²) in [4.78, 5) is 40.7. The van der Waals surface area contributed by atoms with Crippen LogP contribution in [0, 0.1) is 0 Å². The third-order valence-electron chi connectivity index (χ3n) is 5.19. The molecule has 2 aromatic carbocycles. The maximum Gasteiger partial charge on any atom is 0.290 e. The molecule has 0 unspecified atom stereocenters. The van der Waals surface area contributed by atoms with E-state index in [0.717, 1.165) is 25.0 Å². The largest absolute Gasteiger partial charge is 0.363 e. The van der Waals surface area contributed by atoms with Crippen molar-refractivity contribution in [2.45, 2.75) is 6.54 Å². The van der Waals surface area contributed by atoms with Crippen LogP contribution in [0.25, 0.3) is 10.8 Å². The topological polar surface area (TPSA) is 83.7 Å². The molecule has 2 N–H and O–H groups in total. The highest BCUT2D eigenvalue weighted by Gasteiger charge is 2.24. The zero-order valence-corrected chi connectivity index (χ0v) is 16.7. The van der Waals surface area contributed by atoms with Crippen LogP contribution >= 0.6 is 11.3 Å². The van der Waals surface area contributed by atoms with Gasteiger partial charge in [0.05, 0.1) is 4.88 Å². The van der Waals surface area contributed by atoms with E-state index < -0.39 is 11.7 Å². The quantitative estimate of drug-likeness (QED) is 0.520. The normalized spacial score (nSPS) is 14.8. The summed E-state index contributed by atoms with van der Waals surface area (Å²) in [6.07, 6.45) is 0. The third kappa shape index (κ3) is 4.06.